The van der Waals surface area contributed by atoms with Crippen molar-refractivity contribution in [2.45, 2.75) is 24.3 Å². The maximum Gasteiger partial charge on any atom is 0.208 e. The standard InChI is InChI=1S/C10H12O2S4/c1-5-6(2)14-9(13-5)10-15-7-8(16-10)12-4-3-11-7/h5-6H,3-4H2,1-2H3/t5-,6-/m0/s1. The van der Waals surface area contributed by atoms with Crippen LogP contribution in [0.25, 0.3) is 0 Å². The molecule has 0 spiro atoms. The second-order valence-corrected chi connectivity index (χ2v) is 8.96. The highest BCUT2D eigenvalue weighted by atomic mass is 32.2. The topological polar surface area (TPSA) is 18.5 Å². The fraction of sp³-hybridized carbons (Fsp3) is 0.600. The molecule has 16 heavy (non-hydrogen) atoms. The lowest BCUT2D eigenvalue weighted by Gasteiger charge is -2.13. The lowest BCUT2D eigenvalue weighted by Crippen LogP contribution is -2.08. The predicted molar refractivity (Wildman–Crippen MR) is 75.2 cm³/mol. The lowest BCUT2D eigenvalue weighted by molar-refractivity contribution is 0.0949. The first kappa shape index (κ1) is 11.6. The molecule has 2 atom stereocenters. The third-order valence-corrected chi connectivity index (χ3v) is 8.55. The van der Waals surface area contributed by atoms with Crippen LogP contribution in [-0.4, -0.2) is 23.7 Å². The van der Waals surface area contributed by atoms with Crippen molar-refractivity contribution in [3.05, 3.63) is 18.7 Å². The molecular formula is C10H12O2S4. The van der Waals surface area contributed by atoms with Gasteiger partial charge in [0.1, 0.15) is 13.2 Å². The zero-order valence-corrected chi connectivity index (χ0v) is 12.3. The molecule has 3 rings (SSSR count). The van der Waals surface area contributed by atoms with Gasteiger partial charge in [0, 0.05) is 10.5 Å². The molecule has 0 amide bonds. The van der Waals surface area contributed by atoms with Crippen LogP contribution in [0, 0.1) is 0 Å². The Morgan fingerprint density at radius 3 is 1.88 bits per heavy atom. The maximum absolute atomic E-state index is 5.59. The first-order chi connectivity index (χ1) is 7.74. The van der Waals surface area contributed by atoms with Gasteiger partial charge in [0.25, 0.3) is 0 Å². The molecule has 6 heteroatoms. The molecule has 0 aromatic heterocycles. The van der Waals surface area contributed by atoms with Gasteiger partial charge in [-0.1, -0.05) is 13.8 Å². The molecule has 88 valence electrons. The quantitative estimate of drug-likeness (QED) is 0.666. The fourth-order valence-corrected chi connectivity index (χ4v) is 7.19. The van der Waals surface area contributed by atoms with E-state index in [1.165, 1.54) is 8.47 Å². The van der Waals surface area contributed by atoms with Crippen LogP contribution in [0.1, 0.15) is 13.8 Å². The van der Waals surface area contributed by atoms with E-state index in [9.17, 15) is 0 Å². The highest BCUT2D eigenvalue weighted by molar-refractivity contribution is 8.33. The molecule has 0 unspecified atom stereocenters. The summed E-state index contributed by atoms with van der Waals surface area (Å²) < 4.78 is 14.0. The number of hydrogen-bond acceptors (Lipinski definition) is 6. The molecule has 0 aromatic rings. The Morgan fingerprint density at radius 1 is 0.875 bits per heavy atom. The van der Waals surface area contributed by atoms with E-state index in [0.717, 1.165) is 10.2 Å². The van der Waals surface area contributed by atoms with Crippen molar-refractivity contribution in [3.63, 3.8) is 0 Å². The first-order valence-electron chi connectivity index (χ1n) is 5.17. The SMILES string of the molecule is C[C@@H]1SC(=C2SC3=C(OCCO3)S2)S[C@H]1C. The Balaban J connectivity index is 1.78. The average molecular weight is 292 g/mol. The van der Waals surface area contributed by atoms with E-state index in [-0.39, 0.29) is 0 Å². The molecule has 0 N–H and O–H groups in total. The highest BCUT2D eigenvalue weighted by Crippen LogP contribution is 2.59. The summed E-state index contributed by atoms with van der Waals surface area (Å²) in [7, 11) is 0. The van der Waals surface area contributed by atoms with Crippen LogP contribution < -0.4 is 0 Å². The minimum Gasteiger partial charge on any atom is -0.480 e. The van der Waals surface area contributed by atoms with Crippen LogP contribution in [-0.2, 0) is 9.47 Å². The fourth-order valence-electron chi connectivity index (χ4n) is 1.45. The molecule has 0 bridgehead atoms. The van der Waals surface area contributed by atoms with Gasteiger partial charge < -0.3 is 9.47 Å². The zero-order valence-electron chi connectivity index (χ0n) is 9.02. The minimum absolute atomic E-state index is 0.683. The summed E-state index contributed by atoms with van der Waals surface area (Å²) >= 11 is 7.42. The van der Waals surface area contributed by atoms with Crippen LogP contribution in [0.15, 0.2) is 18.7 Å². The Kier molecular flexibility index (Phi) is 3.35. The molecule has 0 aromatic carbocycles. The predicted octanol–water partition coefficient (Wildman–Crippen LogP) is 4.02. The first-order valence-corrected chi connectivity index (χ1v) is 8.56. The molecule has 0 saturated carbocycles. The Hall–Kier alpha value is 0.480. The van der Waals surface area contributed by atoms with Crippen LogP contribution in [0.4, 0.5) is 0 Å². The Labute approximate surface area is 112 Å². The van der Waals surface area contributed by atoms with E-state index >= 15 is 0 Å². The number of hydrogen-bond donors (Lipinski definition) is 0. The van der Waals surface area contributed by atoms with Gasteiger partial charge in [-0.3, -0.25) is 0 Å². The van der Waals surface area contributed by atoms with Crippen LogP contribution in [0.2, 0.25) is 0 Å². The monoisotopic (exact) mass is 292 g/mol. The molecule has 2 nitrogen and oxygen atoms in total. The summed E-state index contributed by atoms with van der Waals surface area (Å²) in [5.74, 6) is 0. The largest absolute Gasteiger partial charge is 0.480 e. The molecule has 3 aliphatic heterocycles. The molecule has 0 aliphatic carbocycles. The third-order valence-electron chi connectivity index (χ3n) is 2.50. The molecule has 3 aliphatic rings. The van der Waals surface area contributed by atoms with E-state index in [2.05, 4.69) is 13.8 Å². The van der Waals surface area contributed by atoms with Crippen molar-refractivity contribution in [2.75, 3.05) is 13.2 Å². The van der Waals surface area contributed by atoms with Crippen LogP contribution >= 0.6 is 47.0 Å². The number of rotatable bonds is 0. The van der Waals surface area contributed by atoms with Gasteiger partial charge in [-0.05, 0) is 23.5 Å². The minimum atomic E-state index is 0.683. The van der Waals surface area contributed by atoms with E-state index in [1.54, 1.807) is 23.5 Å². The average Bonchev–Trinajstić information content (AvgIpc) is 2.83. The summed E-state index contributed by atoms with van der Waals surface area (Å²) in [5, 5.41) is 3.33. The summed E-state index contributed by atoms with van der Waals surface area (Å²) in [4.78, 5) is 0. The molecule has 1 saturated heterocycles. The third kappa shape index (κ3) is 2.09. The van der Waals surface area contributed by atoms with Crippen molar-refractivity contribution in [3.8, 4) is 0 Å². The summed E-state index contributed by atoms with van der Waals surface area (Å²) in [6.45, 7) is 5.95. The summed E-state index contributed by atoms with van der Waals surface area (Å²) in [5.41, 5.74) is 0. The summed E-state index contributed by atoms with van der Waals surface area (Å²) in [6, 6.07) is 0. The second-order valence-electron chi connectivity index (χ2n) is 3.70. The molecule has 0 radical (unpaired) electrons. The normalized spacial score (nSPS) is 33.9. The Bertz CT molecular complexity index is 345. The maximum atomic E-state index is 5.59. The molecule has 1 fully saturated rings. The van der Waals surface area contributed by atoms with E-state index in [4.69, 9.17) is 9.47 Å². The van der Waals surface area contributed by atoms with E-state index in [1.807, 2.05) is 23.5 Å². The summed E-state index contributed by atoms with van der Waals surface area (Å²) in [6.07, 6.45) is 0. The van der Waals surface area contributed by atoms with E-state index in [0.29, 0.717) is 23.7 Å². The molecular weight excluding hydrogens is 280 g/mol. The van der Waals surface area contributed by atoms with Crippen molar-refractivity contribution in [1.82, 2.24) is 0 Å². The van der Waals surface area contributed by atoms with Gasteiger partial charge in [-0.25, -0.2) is 0 Å². The van der Waals surface area contributed by atoms with Gasteiger partial charge in [-0.15, -0.1) is 23.5 Å². The lowest BCUT2D eigenvalue weighted by atomic mass is 10.4. The van der Waals surface area contributed by atoms with Gasteiger partial charge in [0.2, 0.25) is 10.2 Å². The Morgan fingerprint density at radius 2 is 1.38 bits per heavy atom. The number of ether oxygens (including phenoxy) is 2. The van der Waals surface area contributed by atoms with Crippen molar-refractivity contribution >= 4 is 47.0 Å². The van der Waals surface area contributed by atoms with Crippen LogP contribution in [0.5, 0.6) is 0 Å². The second kappa shape index (κ2) is 4.63. The van der Waals surface area contributed by atoms with Crippen molar-refractivity contribution in [1.29, 1.82) is 0 Å². The highest BCUT2D eigenvalue weighted by Gasteiger charge is 2.34. The van der Waals surface area contributed by atoms with Gasteiger partial charge in [0.05, 0.1) is 8.47 Å². The smallest absolute Gasteiger partial charge is 0.208 e. The van der Waals surface area contributed by atoms with E-state index < -0.39 is 0 Å². The zero-order chi connectivity index (χ0) is 11.1. The van der Waals surface area contributed by atoms with Crippen molar-refractivity contribution < 1.29 is 9.47 Å². The van der Waals surface area contributed by atoms with Gasteiger partial charge >= 0.3 is 0 Å². The van der Waals surface area contributed by atoms with Gasteiger partial charge in [-0.2, -0.15) is 0 Å². The molecule has 3 heterocycles. The van der Waals surface area contributed by atoms with Gasteiger partial charge in [0.15, 0.2) is 0 Å². The van der Waals surface area contributed by atoms with Crippen molar-refractivity contribution in [2.24, 2.45) is 0 Å². The number of thioether (sulfide) groups is 4. The van der Waals surface area contributed by atoms with Crippen LogP contribution in [0.3, 0.4) is 0 Å².